The van der Waals surface area contributed by atoms with Gasteiger partial charge in [-0.1, -0.05) is 36.4 Å². The van der Waals surface area contributed by atoms with Crippen LogP contribution in [0.4, 0.5) is 34.5 Å². The van der Waals surface area contributed by atoms with Gasteiger partial charge in [-0.25, -0.2) is 8.42 Å². The van der Waals surface area contributed by atoms with Crippen molar-refractivity contribution in [3.05, 3.63) is 89.6 Å². The molecule has 1 unspecified atom stereocenters. The number of nitrogens with one attached hydrogen (secondary N) is 6. The third-order valence-electron chi connectivity index (χ3n) is 11.2. The van der Waals surface area contributed by atoms with Crippen LogP contribution in [0.2, 0.25) is 0 Å². The number of sulfonamides is 1. The Morgan fingerprint density at radius 2 is 1.72 bits per heavy atom. The Labute approximate surface area is 338 Å². The molecule has 0 bridgehead atoms. The summed E-state index contributed by atoms with van der Waals surface area (Å²) in [7, 11) is -1.76. The van der Waals surface area contributed by atoms with Crippen molar-refractivity contribution in [3.63, 3.8) is 0 Å². The van der Waals surface area contributed by atoms with Crippen LogP contribution < -0.4 is 40.5 Å². The van der Waals surface area contributed by atoms with Crippen LogP contribution >= 0.6 is 0 Å². The van der Waals surface area contributed by atoms with Crippen molar-refractivity contribution in [1.82, 2.24) is 30.9 Å². The summed E-state index contributed by atoms with van der Waals surface area (Å²) < 4.78 is 32.5. The summed E-state index contributed by atoms with van der Waals surface area (Å²) in [5.41, 5.74) is 6.91. The van der Waals surface area contributed by atoms with Crippen LogP contribution in [0.5, 0.6) is 5.75 Å². The summed E-state index contributed by atoms with van der Waals surface area (Å²) in [4.78, 5) is 38.7. The third kappa shape index (κ3) is 8.73. The molecule has 0 spiro atoms. The average Bonchev–Trinajstić information content (AvgIpc) is 3.89. The minimum atomic E-state index is -3.44. The van der Waals surface area contributed by atoms with Crippen molar-refractivity contribution in [2.45, 2.75) is 50.5 Å². The zero-order valence-electron chi connectivity index (χ0n) is 32.8. The van der Waals surface area contributed by atoms with E-state index in [4.69, 9.17) is 14.7 Å². The number of imide groups is 1. The van der Waals surface area contributed by atoms with Crippen LogP contribution in [0.25, 0.3) is 11.0 Å². The molecule has 1 atom stereocenters. The van der Waals surface area contributed by atoms with Gasteiger partial charge in [-0.05, 0) is 79.6 Å². The number of piperidine rings is 2. The molecule has 2 aromatic heterocycles. The van der Waals surface area contributed by atoms with E-state index < -0.39 is 10.0 Å². The summed E-state index contributed by atoms with van der Waals surface area (Å²) in [6, 6.07) is 22.3. The molecule has 2 fully saturated rings. The molecule has 5 aromatic rings. The first-order valence-electron chi connectivity index (χ1n) is 19.9. The number of methoxy groups -OCH3 is 1. The molecule has 304 valence electrons. The number of para-hydroxylation sites is 1. The molecule has 5 heterocycles. The van der Waals surface area contributed by atoms with Gasteiger partial charge >= 0.3 is 0 Å². The zero-order valence-corrected chi connectivity index (χ0v) is 33.6. The Kier molecular flexibility index (Phi) is 11.5. The molecule has 3 aromatic carbocycles. The largest absolute Gasteiger partial charge is 0.495 e. The summed E-state index contributed by atoms with van der Waals surface area (Å²) in [5.74, 6) is 1.05. The normalized spacial score (nSPS) is 17.4. The van der Waals surface area contributed by atoms with Crippen molar-refractivity contribution in [2.75, 3.05) is 72.5 Å². The Hall–Kier alpha value is -5.71. The number of amides is 2. The summed E-state index contributed by atoms with van der Waals surface area (Å²) in [5, 5.41) is 17.2. The fourth-order valence-electron chi connectivity index (χ4n) is 8.19. The van der Waals surface area contributed by atoms with Crippen LogP contribution in [0.3, 0.4) is 0 Å². The van der Waals surface area contributed by atoms with Crippen LogP contribution in [0.15, 0.2) is 72.9 Å². The molecular formula is C42H50N10O5S. The Bertz CT molecular complexity index is 2400. The number of ether oxygens (including phenoxy) is 1. The highest BCUT2D eigenvalue weighted by Gasteiger charge is 2.30. The maximum absolute atomic E-state index is 12.6. The van der Waals surface area contributed by atoms with Gasteiger partial charge in [0.05, 0.1) is 41.7 Å². The standard InChI is InChI=1S/C42H50N10O5S/c1-57-36-26-31(46-42-49-39-33(15-20-45-39)40(50-42)47-34-5-3-4-29-16-25-52(38(29)34)58(2,55)56)10-12-35(36)51-23-17-30(18-24-51)44-22-21-43-19-14-27-6-8-28(9-7-27)32-11-13-37(53)48-41(32)54/h3-10,12,15,20,26,30,32,43-44H,11,13-14,16-19,21-25H2,1-2H3,(H,48,53,54)(H3,45,46,47,49,50). The maximum Gasteiger partial charge on any atom is 0.234 e. The lowest BCUT2D eigenvalue weighted by molar-refractivity contribution is -0.134. The molecule has 2 saturated heterocycles. The lowest BCUT2D eigenvalue weighted by Gasteiger charge is -2.35. The quantitative estimate of drug-likeness (QED) is 0.0635. The Morgan fingerprint density at radius 1 is 0.897 bits per heavy atom. The van der Waals surface area contributed by atoms with E-state index in [1.807, 2.05) is 48.5 Å². The molecule has 3 aliphatic rings. The number of benzene rings is 3. The molecular weight excluding hydrogens is 757 g/mol. The van der Waals surface area contributed by atoms with Crippen molar-refractivity contribution < 1.29 is 22.7 Å². The van der Waals surface area contributed by atoms with E-state index in [0.29, 0.717) is 60.6 Å². The molecule has 0 radical (unpaired) electrons. The van der Waals surface area contributed by atoms with Gasteiger partial charge in [-0.2, -0.15) is 9.97 Å². The van der Waals surface area contributed by atoms with E-state index in [0.717, 1.165) is 85.6 Å². The van der Waals surface area contributed by atoms with Crippen molar-refractivity contribution in [1.29, 1.82) is 0 Å². The zero-order chi connectivity index (χ0) is 40.2. The molecule has 6 N–H and O–H groups in total. The van der Waals surface area contributed by atoms with Crippen LogP contribution in [0, 0.1) is 0 Å². The van der Waals surface area contributed by atoms with Gasteiger partial charge in [0, 0.05) is 63.1 Å². The fraction of sp³-hybridized carbons (Fsp3) is 0.381. The van der Waals surface area contributed by atoms with Gasteiger partial charge in [0.25, 0.3) is 0 Å². The molecule has 0 saturated carbocycles. The van der Waals surface area contributed by atoms with Gasteiger partial charge in [0.15, 0.2) is 0 Å². The lowest BCUT2D eigenvalue weighted by atomic mass is 9.90. The number of hydrogen-bond donors (Lipinski definition) is 6. The number of nitrogens with zero attached hydrogens (tertiary/aromatic N) is 4. The predicted octanol–water partition coefficient (Wildman–Crippen LogP) is 4.69. The average molecular weight is 807 g/mol. The molecule has 2 amide bonds. The number of carbonyl (C=O) groups excluding carboxylic acids is 2. The highest BCUT2D eigenvalue weighted by Crippen LogP contribution is 2.40. The van der Waals surface area contributed by atoms with E-state index in [2.05, 4.69) is 54.7 Å². The number of hydrogen-bond acceptors (Lipinski definition) is 12. The van der Waals surface area contributed by atoms with Gasteiger partial charge in [-0.3, -0.25) is 19.2 Å². The van der Waals surface area contributed by atoms with Crippen molar-refractivity contribution >= 4 is 67.4 Å². The fourth-order valence-corrected chi connectivity index (χ4v) is 9.16. The number of aromatic nitrogens is 3. The second-order valence-electron chi connectivity index (χ2n) is 15.1. The molecule has 0 aliphatic carbocycles. The molecule has 15 nitrogen and oxygen atoms in total. The number of anilines is 6. The van der Waals surface area contributed by atoms with Gasteiger partial charge in [-0.15, -0.1) is 0 Å². The number of fused-ring (bicyclic) bond motifs is 2. The molecule has 16 heteroatoms. The van der Waals surface area contributed by atoms with Crippen molar-refractivity contribution in [3.8, 4) is 5.75 Å². The summed E-state index contributed by atoms with van der Waals surface area (Å²) in [6.45, 7) is 4.86. The first-order valence-corrected chi connectivity index (χ1v) is 21.8. The number of aromatic amines is 1. The van der Waals surface area contributed by atoms with Gasteiger partial charge < -0.3 is 35.9 Å². The van der Waals surface area contributed by atoms with E-state index in [1.54, 1.807) is 13.3 Å². The Morgan fingerprint density at radius 3 is 2.50 bits per heavy atom. The van der Waals surface area contributed by atoms with Crippen LogP contribution in [0.1, 0.15) is 48.3 Å². The first-order chi connectivity index (χ1) is 28.1. The van der Waals surface area contributed by atoms with Crippen LogP contribution in [-0.2, 0) is 32.5 Å². The second-order valence-corrected chi connectivity index (χ2v) is 17.0. The number of H-pyrrole nitrogens is 1. The van der Waals surface area contributed by atoms with Crippen molar-refractivity contribution in [2.24, 2.45) is 0 Å². The monoisotopic (exact) mass is 806 g/mol. The number of rotatable bonds is 15. The summed E-state index contributed by atoms with van der Waals surface area (Å²) in [6.07, 6.45) is 7.59. The van der Waals surface area contributed by atoms with Gasteiger partial charge in [0.1, 0.15) is 17.2 Å². The third-order valence-corrected chi connectivity index (χ3v) is 12.4. The van der Waals surface area contributed by atoms with E-state index in [-0.39, 0.29) is 17.7 Å². The maximum atomic E-state index is 12.6. The lowest BCUT2D eigenvalue weighted by Crippen LogP contribution is -2.44. The highest BCUT2D eigenvalue weighted by molar-refractivity contribution is 7.92. The SMILES string of the molecule is COc1cc(Nc2nc(Nc3cccc4c3N(S(C)(=O)=O)CC4)c3cc[nH]c3n2)ccc1N1CCC(NCCNCCc2ccc(C3CCC(=O)NC3=O)cc2)CC1. The topological polar surface area (TPSA) is 186 Å². The predicted molar refractivity (Wildman–Crippen MR) is 227 cm³/mol. The van der Waals surface area contributed by atoms with E-state index >= 15 is 0 Å². The molecule has 3 aliphatic heterocycles. The number of carbonyl (C=O) groups is 2. The minimum absolute atomic E-state index is 0.189. The minimum Gasteiger partial charge on any atom is -0.495 e. The molecule has 58 heavy (non-hydrogen) atoms. The molecule has 8 rings (SSSR count). The highest BCUT2D eigenvalue weighted by atomic mass is 32.2. The van der Waals surface area contributed by atoms with Gasteiger partial charge in [0.2, 0.25) is 27.8 Å². The Balaban J connectivity index is 0.817. The van der Waals surface area contributed by atoms with E-state index in [9.17, 15) is 18.0 Å². The van der Waals surface area contributed by atoms with Crippen LogP contribution in [-0.4, -0.2) is 93.9 Å². The first kappa shape index (κ1) is 39.1. The van der Waals surface area contributed by atoms with E-state index in [1.165, 1.54) is 16.1 Å². The smallest absolute Gasteiger partial charge is 0.234 e. The summed E-state index contributed by atoms with van der Waals surface area (Å²) >= 11 is 0. The second kappa shape index (κ2) is 17.0.